The third kappa shape index (κ3) is 5.55. The molecule has 0 saturated heterocycles. The molecule has 6 nitrogen and oxygen atoms in total. The van der Waals surface area contributed by atoms with Crippen LogP contribution in [0.25, 0.3) is 0 Å². The minimum Gasteiger partial charge on any atom is -0.370 e. The Morgan fingerprint density at radius 3 is 2.09 bits per heavy atom. The molecule has 166 valence electrons. The predicted octanol–water partition coefficient (Wildman–Crippen LogP) is 2.82. The summed E-state index contributed by atoms with van der Waals surface area (Å²) in [7, 11) is -3.67. The summed E-state index contributed by atoms with van der Waals surface area (Å²) in [6, 6.07) is 28.3. The molecule has 32 heavy (non-hydrogen) atoms. The highest BCUT2D eigenvalue weighted by atomic mass is 32.2. The van der Waals surface area contributed by atoms with Crippen molar-refractivity contribution in [1.82, 2.24) is 9.62 Å². The third-order valence-electron chi connectivity index (χ3n) is 5.63. The van der Waals surface area contributed by atoms with Gasteiger partial charge in [-0.15, -0.1) is 0 Å². The van der Waals surface area contributed by atoms with Crippen LogP contribution in [0.5, 0.6) is 0 Å². The van der Waals surface area contributed by atoms with E-state index in [9.17, 15) is 8.42 Å². The Kier molecular flexibility index (Phi) is 6.87. The fourth-order valence-electron chi connectivity index (χ4n) is 4.05. The van der Waals surface area contributed by atoms with Gasteiger partial charge in [-0.25, -0.2) is 13.1 Å². The third-order valence-corrected chi connectivity index (χ3v) is 7.17. The predicted molar refractivity (Wildman–Crippen MR) is 128 cm³/mol. The zero-order valence-electron chi connectivity index (χ0n) is 17.8. The van der Waals surface area contributed by atoms with Gasteiger partial charge in [0.25, 0.3) is 0 Å². The average Bonchev–Trinajstić information content (AvgIpc) is 3.14. The molecule has 3 N–H and O–H groups in total. The van der Waals surface area contributed by atoms with Crippen LogP contribution in [0.4, 0.5) is 0 Å². The molecule has 0 spiro atoms. The van der Waals surface area contributed by atoms with Gasteiger partial charge < -0.3 is 10.6 Å². The summed E-state index contributed by atoms with van der Waals surface area (Å²) in [5, 5.41) is 0. The Morgan fingerprint density at radius 2 is 1.47 bits per heavy atom. The number of benzene rings is 3. The summed E-state index contributed by atoms with van der Waals surface area (Å²) in [6.07, 6.45) is 1.35. The largest absolute Gasteiger partial charge is 0.370 e. The lowest BCUT2D eigenvalue weighted by atomic mass is 10.0. The molecule has 3 aromatic carbocycles. The Balaban J connectivity index is 1.55. The molecule has 0 saturated carbocycles. The standard InChI is InChI=1S/C25H28N4O2S/c26-25-27-18-23(17-21-12-6-2-7-13-21)29(25)19-22(16-20-10-4-1-5-11-20)28-32(30,31)24-14-8-3-9-15-24/h1-15,22-23,28H,16-19H2,(H2,26,27)/t22-,23-/m0/s1. The number of nitrogens with zero attached hydrogens (tertiary/aromatic N) is 2. The number of aliphatic imine (C=N–C) groups is 1. The first kappa shape index (κ1) is 22.0. The van der Waals surface area contributed by atoms with Crippen molar-refractivity contribution < 1.29 is 8.42 Å². The van der Waals surface area contributed by atoms with Crippen LogP contribution in [-0.4, -0.2) is 44.5 Å². The highest BCUT2D eigenvalue weighted by Crippen LogP contribution is 2.18. The van der Waals surface area contributed by atoms with Crippen LogP contribution in [0.15, 0.2) is 101 Å². The molecule has 0 amide bonds. The van der Waals surface area contributed by atoms with Crippen LogP contribution >= 0.6 is 0 Å². The number of rotatable bonds is 9. The van der Waals surface area contributed by atoms with Crippen LogP contribution in [-0.2, 0) is 22.9 Å². The summed E-state index contributed by atoms with van der Waals surface area (Å²) in [4.78, 5) is 6.74. The summed E-state index contributed by atoms with van der Waals surface area (Å²) in [5.74, 6) is 0.461. The molecule has 4 rings (SSSR count). The number of nitrogens with two attached hydrogens (primary N) is 1. The maximum Gasteiger partial charge on any atom is 0.240 e. The Bertz CT molecular complexity index is 1140. The number of sulfonamides is 1. The van der Waals surface area contributed by atoms with E-state index in [2.05, 4.69) is 21.8 Å². The highest BCUT2D eigenvalue weighted by molar-refractivity contribution is 7.89. The fourth-order valence-corrected chi connectivity index (χ4v) is 5.29. The number of hydrogen-bond donors (Lipinski definition) is 2. The monoisotopic (exact) mass is 448 g/mol. The lowest BCUT2D eigenvalue weighted by Gasteiger charge is -2.31. The molecule has 3 aromatic rings. The fraction of sp³-hybridized carbons (Fsp3) is 0.240. The van der Waals surface area contributed by atoms with Gasteiger partial charge in [0.05, 0.1) is 17.5 Å². The Labute approximate surface area is 189 Å². The molecule has 7 heteroatoms. The van der Waals surface area contributed by atoms with Gasteiger partial charge in [0.1, 0.15) is 0 Å². The normalized spacial score (nSPS) is 17.2. The van der Waals surface area contributed by atoms with Crippen LogP contribution in [0, 0.1) is 0 Å². The van der Waals surface area contributed by atoms with Crippen molar-refractivity contribution in [1.29, 1.82) is 0 Å². The maximum atomic E-state index is 13.1. The van der Waals surface area contributed by atoms with Gasteiger partial charge in [-0.3, -0.25) is 4.99 Å². The molecular weight excluding hydrogens is 420 g/mol. The van der Waals surface area contributed by atoms with Crippen molar-refractivity contribution in [3.63, 3.8) is 0 Å². The van der Waals surface area contributed by atoms with Crippen LogP contribution in [0.3, 0.4) is 0 Å². The van der Waals surface area contributed by atoms with Crippen molar-refractivity contribution in [2.45, 2.75) is 29.8 Å². The van der Waals surface area contributed by atoms with Gasteiger partial charge in [-0.2, -0.15) is 0 Å². The van der Waals surface area contributed by atoms with E-state index in [-0.39, 0.29) is 17.0 Å². The first-order chi connectivity index (χ1) is 15.5. The quantitative estimate of drug-likeness (QED) is 0.527. The first-order valence-electron chi connectivity index (χ1n) is 10.7. The smallest absolute Gasteiger partial charge is 0.240 e. The van der Waals surface area contributed by atoms with Gasteiger partial charge in [0.2, 0.25) is 10.0 Å². The van der Waals surface area contributed by atoms with E-state index in [1.165, 1.54) is 5.56 Å². The number of guanidine groups is 1. The zero-order chi connectivity index (χ0) is 22.4. The van der Waals surface area contributed by atoms with Crippen LogP contribution in [0.2, 0.25) is 0 Å². The van der Waals surface area contributed by atoms with Crippen LogP contribution in [0.1, 0.15) is 11.1 Å². The SMILES string of the molecule is NC1=NC[C@H](Cc2ccccc2)N1C[C@H](Cc1ccccc1)NS(=O)(=O)c1ccccc1. The zero-order valence-corrected chi connectivity index (χ0v) is 18.7. The van der Waals surface area contributed by atoms with E-state index in [1.807, 2.05) is 53.4 Å². The van der Waals surface area contributed by atoms with E-state index in [4.69, 9.17) is 5.73 Å². The molecule has 1 aliphatic heterocycles. The molecule has 0 aliphatic carbocycles. The Hall–Kier alpha value is -3.16. The molecular formula is C25H28N4O2S. The van der Waals surface area contributed by atoms with Crippen molar-refractivity contribution in [2.75, 3.05) is 13.1 Å². The van der Waals surface area contributed by atoms with Crippen molar-refractivity contribution in [2.24, 2.45) is 10.7 Å². The van der Waals surface area contributed by atoms with Crippen molar-refractivity contribution in [3.8, 4) is 0 Å². The van der Waals surface area contributed by atoms with E-state index in [1.54, 1.807) is 30.3 Å². The van der Waals surface area contributed by atoms with Gasteiger partial charge in [-0.05, 0) is 36.1 Å². The summed E-state index contributed by atoms with van der Waals surface area (Å²) in [6.45, 7) is 1.04. The van der Waals surface area contributed by atoms with E-state index in [0.29, 0.717) is 25.5 Å². The van der Waals surface area contributed by atoms with Crippen molar-refractivity contribution in [3.05, 3.63) is 102 Å². The molecule has 2 atom stereocenters. The molecule has 0 aromatic heterocycles. The van der Waals surface area contributed by atoms with Crippen LogP contribution < -0.4 is 10.5 Å². The van der Waals surface area contributed by atoms with Crippen molar-refractivity contribution >= 4 is 16.0 Å². The number of hydrogen-bond acceptors (Lipinski definition) is 5. The van der Waals surface area contributed by atoms with E-state index < -0.39 is 10.0 Å². The average molecular weight is 449 g/mol. The number of nitrogens with one attached hydrogen (secondary N) is 1. The van der Waals surface area contributed by atoms with Gasteiger partial charge in [-0.1, -0.05) is 78.9 Å². The van der Waals surface area contributed by atoms with Gasteiger partial charge >= 0.3 is 0 Å². The highest BCUT2D eigenvalue weighted by Gasteiger charge is 2.30. The second kappa shape index (κ2) is 9.97. The minimum atomic E-state index is -3.67. The lowest BCUT2D eigenvalue weighted by Crippen LogP contribution is -2.51. The second-order valence-corrected chi connectivity index (χ2v) is 9.73. The molecule has 1 heterocycles. The summed E-state index contributed by atoms with van der Waals surface area (Å²) < 4.78 is 29.0. The molecule has 0 bridgehead atoms. The lowest BCUT2D eigenvalue weighted by molar-refractivity contribution is 0.307. The van der Waals surface area contributed by atoms with E-state index in [0.717, 1.165) is 12.0 Å². The molecule has 0 unspecified atom stereocenters. The van der Waals surface area contributed by atoms with Gasteiger partial charge in [0, 0.05) is 12.6 Å². The second-order valence-electron chi connectivity index (χ2n) is 8.02. The van der Waals surface area contributed by atoms with Gasteiger partial charge in [0.15, 0.2) is 5.96 Å². The summed E-state index contributed by atoms with van der Waals surface area (Å²) in [5.41, 5.74) is 8.50. The topological polar surface area (TPSA) is 87.8 Å². The summed E-state index contributed by atoms with van der Waals surface area (Å²) >= 11 is 0. The van der Waals surface area contributed by atoms with E-state index >= 15 is 0 Å². The Morgan fingerprint density at radius 1 is 0.906 bits per heavy atom. The molecule has 0 fully saturated rings. The molecule has 0 radical (unpaired) electrons. The molecule has 1 aliphatic rings. The maximum absolute atomic E-state index is 13.1. The minimum absolute atomic E-state index is 0.0944. The first-order valence-corrected chi connectivity index (χ1v) is 12.2.